The predicted octanol–water partition coefficient (Wildman–Crippen LogP) is 4.59. The second-order valence-electron chi connectivity index (χ2n) is 9.86. The number of piperazine rings is 1. The van der Waals surface area contributed by atoms with E-state index in [1.807, 2.05) is 6.20 Å². The van der Waals surface area contributed by atoms with E-state index in [9.17, 15) is 0 Å². The summed E-state index contributed by atoms with van der Waals surface area (Å²) in [6.07, 6.45) is 1.92. The minimum atomic E-state index is -1.31. The lowest BCUT2D eigenvalue weighted by Crippen LogP contribution is -2.44. The summed E-state index contributed by atoms with van der Waals surface area (Å²) in [4.78, 5) is 9.47. The van der Waals surface area contributed by atoms with Crippen LogP contribution < -0.4 is 10.1 Å². The molecule has 2 aromatic carbocycles. The van der Waals surface area contributed by atoms with E-state index in [-0.39, 0.29) is 0 Å². The maximum absolute atomic E-state index is 4.63. The number of aromatic amines is 1. The van der Waals surface area contributed by atoms with Crippen molar-refractivity contribution in [3.8, 4) is 22.4 Å². The summed E-state index contributed by atoms with van der Waals surface area (Å²) >= 11 is 0. The highest BCUT2D eigenvalue weighted by atomic mass is 28.3. The molecule has 2 aromatic heterocycles. The van der Waals surface area contributed by atoms with Gasteiger partial charge in [-0.2, -0.15) is 5.10 Å². The van der Waals surface area contributed by atoms with Crippen LogP contribution in [0.1, 0.15) is 0 Å². The van der Waals surface area contributed by atoms with Gasteiger partial charge in [-0.15, -0.1) is 0 Å². The van der Waals surface area contributed by atoms with Gasteiger partial charge in [-0.05, 0) is 30.8 Å². The zero-order valence-corrected chi connectivity index (χ0v) is 20.4. The summed E-state index contributed by atoms with van der Waals surface area (Å²) < 4.78 is 0. The average Bonchev–Trinajstić information content (AvgIpc) is 3.22. The number of aromatic nitrogens is 3. The van der Waals surface area contributed by atoms with Gasteiger partial charge in [-0.25, -0.2) is 4.98 Å². The fraction of sp³-hybridized carbons (Fsp3) is 0.308. The van der Waals surface area contributed by atoms with Gasteiger partial charge in [0.25, 0.3) is 0 Å². The van der Waals surface area contributed by atoms with Crippen molar-refractivity contribution in [3.63, 3.8) is 0 Å². The van der Waals surface area contributed by atoms with Crippen molar-refractivity contribution in [2.24, 2.45) is 0 Å². The Hall–Kier alpha value is -2.96. The third-order valence-corrected chi connectivity index (χ3v) is 8.58. The predicted molar refractivity (Wildman–Crippen MR) is 137 cm³/mol. The molecule has 5 rings (SSSR count). The Balaban J connectivity index is 1.44. The van der Waals surface area contributed by atoms with Crippen molar-refractivity contribution in [3.05, 3.63) is 60.8 Å². The quantitative estimate of drug-likeness (QED) is 0.471. The smallest absolute Gasteiger partial charge is 0.181 e. The molecule has 1 fully saturated rings. The van der Waals surface area contributed by atoms with E-state index in [4.69, 9.17) is 0 Å². The van der Waals surface area contributed by atoms with Gasteiger partial charge >= 0.3 is 0 Å². The summed E-state index contributed by atoms with van der Waals surface area (Å²) in [5.74, 6) is 0. The molecule has 1 N–H and O–H groups in total. The Kier molecular flexibility index (Phi) is 5.35. The minimum absolute atomic E-state index is 0.757. The molecule has 6 heteroatoms. The van der Waals surface area contributed by atoms with E-state index < -0.39 is 8.07 Å². The van der Waals surface area contributed by atoms with Gasteiger partial charge in [-0.3, -0.25) is 5.10 Å². The van der Waals surface area contributed by atoms with Gasteiger partial charge in [0.1, 0.15) is 0 Å². The molecule has 0 saturated carbocycles. The summed E-state index contributed by atoms with van der Waals surface area (Å²) in [6, 6.07) is 20.0. The Bertz CT molecular complexity index is 1210. The zero-order valence-electron chi connectivity index (χ0n) is 19.4. The molecule has 4 aromatic rings. The van der Waals surface area contributed by atoms with Crippen LogP contribution >= 0.6 is 0 Å². The van der Waals surface area contributed by atoms with E-state index in [0.717, 1.165) is 54.0 Å². The van der Waals surface area contributed by atoms with Crippen LogP contribution in [0.25, 0.3) is 33.4 Å². The molecule has 32 heavy (non-hydrogen) atoms. The Morgan fingerprint density at radius 2 is 1.47 bits per heavy atom. The molecule has 0 radical (unpaired) electrons. The molecule has 0 aliphatic carbocycles. The van der Waals surface area contributed by atoms with Gasteiger partial charge in [-0.1, -0.05) is 61.2 Å². The van der Waals surface area contributed by atoms with Gasteiger partial charge in [0.2, 0.25) is 0 Å². The van der Waals surface area contributed by atoms with E-state index in [1.54, 1.807) is 0 Å². The molecule has 0 bridgehead atoms. The molecule has 1 aliphatic rings. The number of nitrogens with one attached hydrogen (secondary N) is 1. The standard InChI is InChI=1S/C26H31N5Si/c1-30-13-15-31(16-14-30)22-9-5-19(6-10-22)21-17-24-25(28-29-26(24)27-18-21)20-7-11-23(12-8-20)32(2,3)4/h5-12,17-18H,13-16H2,1-4H3,(H,27,28,29). The number of hydrogen-bond acceptors (Lipinski definition) is 4. The molecule has 0 spiro atoms. The van der Waals surface area contributed by atoms with E-state index in [2.05, 4.69) is 106 Å². The molecule has 0 unspecified atom stereocenters. The molecule has 3 heterocycles. The van der Waals surface area contributed by atoms with Gasteiger partial charge < -0.3 is 9.80 Å². The van der Waals surface area contributed by atoms with Crippen molar-refractivity contribution in [1.29, 1.82) is 0 Å². The first kappa shape index (κ1) is 20.9. The number of pyridine rings is 1. The number of anilines is 1. The van der Waals surface area contributed by atoms with Crippen molar-refractivity contribution in [2.75, 3.05) is 38.1 Å². The minimum Gasteiger partial charge on any atom is -0.369 e. The Labute approximate surface area is 191 Å². The van der Waals surface area contributed by atoms with Gasteiger partial charge in [0, 0.05) is 54.6 Å². The van der Waals surface area contributed by atoms with Crippen LogP contribution in [0, 0.1) is 0 Å². The number of benzene rings is 2. The van der Waals surface area contributed by atoms with Crippen LogP contribution in [0.3, 0.4) is 0 Å². The normalized spacial score (nSPS) is 15.4. The van der Waals surface area contributed by atoms with Crippen molar-refractivity contribution >= 4 is 30.0 Å². The number of likely N-dealkylation sites (N-methyl/N-ethyl adjacent to an activating group) is 1. The topological polar surface area (TPSA) is 48.1 Å². The molecule has 0 atom stereocenters. The fourth-order valence-electron chi connectivity index (χ4n) is 4.34. The molecular formula is C26H31N5Si. The molecule has 164 valence electrons. The lowest BCUT2D eigenvalue weighted by atomic mass is 10.0. The molecule has 5 nitrogen and oxygen atoms in total. The van der Waals surface area contributed by atoms with Gasteiger partial charge in [0.05, 0.1) is 13.8 Å². The molecule has 1 saturated heterocycles. The summed E-state index contributed by atoms with van der Waals surface area (Å²) in [5, 5.41) is 10.2. The number of rotatable bonds is 4. The summed E-state index contributed by atoms with van der Waals surface area (Å²) in [5.41, 5.74) is 6.53. The van der Waals surface area contributed by atoms with E-state index in [0.29, 0.717) is 0 Å². The molecule has 1 aliphatic heterocycles. The van der Waals surface area contributed by atoms with Crippen LogP contribution in [0.5, 0.6) is 0 Å². The van der Waals surface area contributed by atoms with Crippen molar-refractivity contribution in [1.82, 2.24) is 20.1 Å². The monoisotopic (exact) mass is 441 g/mol. The Morgan fingerprint density at radius 3 is 2.12 bits per heavy atom. The first-order valence-electron chi connectivity index (χ1n) is 11.4. The Morgan fingerprint density at radius 1 is 0.812 bits per heavy atom. The summed E-state index contributed by atoms with van der Waals surface area (Å²) in [6.45, 7) is 11.5. The fourth-order valence-corrected chi connectivity index (χ4v) is 5.51. The second kappa shape index (κ2) is 8.19. The van der Waals surface area contributed by atoms with E-state index in [1.165, 1.54) is 16.4 Å². The number of H-pyrrole nitrogens is 1. The van der Waals surface area contributed by atoms with Crippen molar-refractivity contribution < 1.29 is 0 Å². The van der Waals surface area contributed by atoms with Crippen LogP contribution in [-0.2, 0) is 0 Å². The lowest BCUT2D eigenvalue weighted by molar-refractivity contribution is 0.313. The third-order valence-electron chi connectivity index (χ3n) is 6.52. The van der Waals surface area contributed by atoms with Crippen LogP contribution in [0.15, 0.2) is 60.8 Å². The van der Waals surface area contributed by atoms with Crippen LogP contribution in [-0.4, -0.2) is 61.4 Å². The highest BCUT2D eigenvalue weighted by Crippen LogP contribution is 2.30. The SMILES string of the molecule is CN1CCN(c2ccc(-c3cnc4n[nH]c(-c5ccc([Si](C)(C)C)cc5)c4c3)cc2)CC1. The lowest BCUT2D eigenvalue weighted by Gasteiger charge is -2.34. The maximum Gasteiger partial charge on any atom is 0.181 e. The average molecular weight is 442 g/mol. The number of nitrogens with zero attached hydrogens (tertiary/aromatic N) is 4. The number of fused-ring (bicyclic) bond motifs is 1. The van der Waals surface area contributed by atoms with Crippen LogP contribution in [0.4, 0.5) is 5.69 Å². The van der Waals surface area contributed by atoms with Gasteiger partial charge in [0.15, 0.2) is 5.65 Å². The largest absolute Gasteiger partial charge is 0.369 e. The highest BCUT2D eigenvalue weighted by molar-refractivity contribution is 6.88. The first-order chi connectivity index (χ1) is 15.4. The first-order valence-corrected chi connectivity index (χ1v) is 14.9. The molecule has 0 amide bonds. The molecular weight excluding hydrogens is 410 g/mol. The van der Waals surface area contributed by atoms with Crippen LogP contribution in [0.2, 0.25) is 19.6 Å². The maximum atomic E-state index is 4.63. The summed E-state index contributed by atoms with van der Waals surface area (Å²) in [7, 11) is 0.876. The third kappa shape index (κ3) is 4.08. The second-order valence-corrected chi connectivity index (χ2v) is 14.9. The van der Waals surface area contributed by atoms with E-state index >= 15 is 0 Å². The van der Waals surface area contributed by atoms with Crippen molar-refractivity contribution in [2.45, 2.75) is 19.6 Å². The highest BCUT2D eigenvalue weighted by Gasteiger charge is 2.17. The zero-order chi connectivity index (χ0) is 22.3. The number of hydrogen-bond donors (Lipinski definition) is 1.